The molecule has 0 atom stereocenters. The van der Waals surface area contributed by atoms with E-state index in [4.69, 9.17) is 33.8 Å². The van der Waals surface area contributed by atoms with Crippen LogP contribution in [0, 0.1) is 11.3 Å². The summed E-state index contributed by atoms with van der Waals surface area (Å²) in [6.07, 6.45) is -0.652. The minimum atomic E-state index is -3.92. The summed E-state index contributed by atoms with van der Waals surface area (Å²) in [5.74, 6) is -0.543. The first-order valence-corrected chi connectivity index (χ1v) is 12.9. The maximum absolute atomic E-state index is 12.9. The molecule has 34 heavy (non-hydrogen) atoms. The van der Waals surface area contributed by atoms with Crippen LogP contribution in [0.2, 0.25) is 5.02 Å². The van der Waals surface area contributed by atoms with Gasteiger partial charge in [-0.1, -0.05) is 11.6 Å². The van der Waals surface area contributed by atoms with Gasteiger partial charge in [0.2, 0.25) is 15.9 Å². The number of carbonyl (C=O) groups excluding carboxylic acids is 2. The van der Waals surface area contributed by atoms with E-state index < -0.39 is 27.3 Å². The molecule has 1 saturated heterocycles. The molecule has 0 bridgehead atoms. The number of carbonyl (C=O) groups is 2. The van der Waals surface area contributed by atoms with Crippen molar-refractivity contribution in [2.75, 3.05) is 24.2 Å². The summed E-state index contributed by atoms with van der Waals surface area (Å²) in [6.45, 7) is 8.89. The summed E-state index contributed by atoms with van der Waals surface area (Å²) in [4.78, 5) is 28.2. The van der Waals surface area contributed by atoms with Crippen LogP contribution in [0.4, 0.5) is 10.5 Å². The minimum absolute atomic E-state index is 0.134. The van der Waals surface area contributed by atoms with Crippen molar-refractivity contribution in [1.82, 2.24) is 9.21 Å². The quantitative estimate of drug-likeness (QED) is 0.511. The molecule has 1 aliphatic rings. The Morgan fingerprint density at radius 2 is 1.97 bits per heavy atom. The number of thiocarbonyl (C=S) groups is 1. The van der Waals surface area contributed by atoms with Gasteiger partial charge in [-0.3, -0.25) is 9.69 Å². The second kappa shape index (κ2) is 10.1. The van der Waals surface area contributed by atoms with Gasteiger partial charge < -0.3 is 9.64 Å². The molecule has 1 aromatic carbocycles. The first kappa shape index (κ1) is 27.8. The average Bonchev–Trinajstić information content (AvgIpc) is 2.68. The van der Waals surface area contributed by atoms with E-state index in [0.29, 0.717) is 9.99 Å². The molecule has 0 saturated carbocycles. The van der Waals surface area contributed by atoms with Gasteiger partial charge in [-0.25, -0.2) is 17.5 Å². The molecule has 1 aliphatic heterocycles. The SMILES string of the molecule is CN(C(=O)OC(C)(C)C)S(=O)(=O)CCCN1C(=S)N(c2ccc(C#N)c(Cl)c2)C(=O)CC1(C)C. The third kappa shape index (κ3) is 6.37. The summed E-state index contributed by atoms with van der Waals surface area (Å²) in [5.41, 5.74) is -0.772. The van der Waals surface area contributed by atoms with E-state index >= 15 is 0 Å². The number of anilines is 1. The highest BCUT2D eigenvalue weighted by Crippen LogP contribution is 2.33. The van der Waals surface area contributed by atoms with Crippen molar-refractivity contribution >= 4 is 56.6 Å². The van der Waals surface area contributed by atoms with Gasteiger partial charge >= 0.3 is 6.09 Å². The molecular formula is C22H29ClN4O5S2. The van der Waals surface area contributed by atoms with Crippen molar-refractivity contribution in [2.45, 2.75) is 58.6 Å². The largest absolute Gasteiger partial charge is 0.443 e. The Morgan fingerprint density at radius 3 is 2.50 bits per heavy atom. The van der Waals surface area contributed by atoms with Gasteiger partial charge in [-0.05, 0) is 71.5 Å². The Labute approximate surface area is 211 Å². The van der Waals surface area contributed by atoms with Crippen molar-refractivity contribution < 1.29 is 22.7 Å². The first-order valence-electron chi connectivity index (χ1n) is 10.5. The Bertz CT molecular complexity index is 1140. The van der Waals surface area contributed by atoms with Gasteiger partial charge in [0.15, 0.2) is 5.11 Å². The molecule has 1 aromatic rings. The van der Waals surface area contributed by atoms with E-state index in [9.17, 15) is 18.0 Å². The molecule has 9 nitrogen and oxygen atoms in total. The van der Waals surface area contributed by atoms with E-state index in [-0.39, 0.29) is 46.7 Å². The molecule has 0 N–H and O–H groups in total. The lowest BCUT2D eigenvalue weighted by Gasteiger charge is -2.48. The molecule has 12 heteroatoms. The molecule has 2 rings (SSSR count). The fraction of sp³-hybridized carbons (Fsp3) is 0.545. The number of benzene rings is 1. The van der Waals surface area contributed by atoms with E-state index in [1.165, 1.54) is 17.0 Å². The van der Waals surface area contributed by atoms with Crippen LogP contribution in [0.25, 0.3) is 0 Å². The summed E-state index contributed by atoms with van der Waals surface area (Å²) >= 11 is 11.7. The lowest BCUT2D eigenvalue weighted by Crippen LogP contribution is -2.62. The fourth-order valence-electron chi connectivity index (χ4n) is 3.40. The molecule has 0 radical (unpaired) electrons. The van der Waals surface area contributed by atoms with Crippen LogP contribution in [0.3, 0.4) is 0 Å². The summed E-state index contributed by atoms with van der Waals surface area (Å²) in [5, 5.41) is 9.50. The van der Waals surface area contributed by atoms with Crippen molar-refractivity contribution in [1.29, 1.82) is 5.26 Å². The second-order valence-corrected chi connectivity index (χ2v) is 12.4. The second-order valence-electron chi connectivity index (χ2n) is 9.55. The number of nitrogens with zero attached hydrogens (tertiary/aromatic N) is 4. The van der Waals surface area contributed by atoms with Gasteiger partial charge in [0.1, 0.15) is 11.7 Å². The van der Waals surface area contributed by atoms with Gasteiger partial charge in [0.05, 0.1) is 28.4 Å². The van der Waals surface area contributed by atoms with E-state index in [1.54, 1.807) is 31.7 Å². The van der Waals surface area contributed by atoms with Crippen LogP contribution in [0.1, 0.15) is 53.0 Å². The number of halogens is 1. The van der Waals surface area contributed by atoms with E-state index in [2.05, 4.69) is 0 Å². The van der Waals surface area contributed by atoms with Crippen LogP contribution in [-0.2, 0) is 19.6 Å². The summed E-state index contributed by atoms with van der Waals surface area (Å²) < 4.78 is 31.0. The summed E-state index contributed by atoms with van der Waals surface area (Å²) in [6, 6.07) is 6.57. The molecular weight excluding hydrogens is 500 g/mol. The van der Waals surface area contributed by atoms with Crippen molar-refractivity contribution in [2.24, 2.45) is 0 Å². The summed E-state index contributed by atoms with van der Waals surface area (Å²) in [7, 11) is -2.76. The number of hydrogen-bond donors (Lipinski definition) is 0. The predicted octanol–water partition coefficient (Wildman–Crippen LogP) is 3.90. The zero-order valence-electron chi connectivity index (χ0n) is 20.1. The van der Waals surface area contributed by atoms with Gasteiger partial charge in [0.25, 0.3) is 0 Å². The van der Waals surface area contributed by atoms with Crippen LogP contribution in [0.5, 0.6) is 0 Å². The first-order chi connectivity index (χ1) is 15.5. The third-order valence-corrected chi connectivity index (χ3v) is 7.67. The molecule has 0 aromatic heterocycles. The number of hydrogen-bond acceptors (Lipinski definition) is 7. The minimum Gasteiger partial charge on any atom is -0.443 e. The fourth-order valence-corrected chi connectivity index (χ4v) is 5.19. The maximum atomic E-state index is 12.9. The van der Waals surface area contributed by atoms with Crippen molar-refractivity contribution in [3.63, 3.8) is 0 Å². The molecule has 0 spiro atoms. The topological polar surface area (TPSA) is 111 Å². The highest BCUT2D eigenvalue weighted by atomic mass is 35.5. The van der Waals surface area contributed by atoms with Gasteiger partial charge in [-0.15, -0.1) is 0 Å². The van der Waals surface area contributed by atoms with Gasteiger partial charge in [-0.2, -0.15) is 5.26 Å². The van der Waals surface area contributed by atoms with E-state index in [0.717, 1.165) is 7.05 Å². The number of amides is 2. The van der Waals surface area contributed by atoms with Crippen LogP contribution in [-0.4, -0.2) is 65.2 Å². The van der Waals surface area contributed by atoms with E-state index in [1.807, 2.05) is 19.9 Å². The number of sulfonamides is 1. The molecule has 1 heterocycles. The molecule has 0 unspecified atom stereocenters. The van der Waals surface area contributed by atoms with Crippen molar-refractivity contribution in [3.8, 4) is 6.07 Å². The third-order valence-electron chi connectivity index (χ3n) is 5.17. The predicted molar refractivity (Wildman–Crippen MR) is 134 cm³/mol. The van der Waals surface area contributed by atoms with Gasteiger partial charge in [0, 0.05) is 19.1 Å². The monoisotopic (exact) mass is 528 g/mol. The highest BCUT2D eigenvalue weighted by molar-refractivity contribution is 7.89. The highest BCUT2D eigenvalue weighted by Gasteiger charge is 2.42. The molecule has 0 aliphatic carbocycles. The number of nitriles is 1. The zero-order chi connectivity index (χ0) is 26.1. The Morgan fingerprint density at radius 1 is 1.35 bits per heavy atom. The smallest absolute Gasteiger partial charge is 0.423 e. The number of ether oxygens (including phenoxy) is 1. The standard InChI is InChI=1S/C22H29ClN4O5S2/c1-21(2,3)32-20(29)25(6)34(30,31)11-7-10-26-19(33)27(18(28)13-22(26,4)5)16-9-8-15(14-24)17(23)12-16/h8-9,12H,7,10-11,13H2,1-6H3. The van der Waals surface area contributed by atoms with Crippen LogP contribution in [0.15, 0.2) is 18.2 Å². The molecule has 1 fully saturated rings. The normalized spacial score (nSPS) is 16.3. The van der Waals surface area contributed by atoms with Crippen LogP contribution < -0.4 is 4.90 Å². The Hall–Kier alpha value is -2.42. The maximum Gasteiger partial charge on any atom is 0.423 e. The zero-order valence-corrected chi connectivity index (χ0v) is 22.5. The number of rotatable bonds is 6. The molecule has 186 valence electrons. The molecule has 2 amide bonds. The van der Waals surface area contributed by atoms with Crippen LogP contribution >= 0.6 is 23.8 Å². The lowest BCUT2D eigenvalue weighted by molar-refractivity contribution is -0.121. The van der Waals surface area contributed by atoms with Crippen molar-refractivity contribution in [3.05, 3.63) is 28.8 Å². The lowest BCUT2D eigenvalue weighted by atomic mass is 9.94. The average molecular weight is 529 g/mol. The Balaban J connectivity index is 2.17. The Kier molecular flexibility index (Phi) is 8.23.